The predicted molar refractivity (Wildman–Crippen MR) is 45.8 cm³/mol. The van der Waals surface area contributed by atoms with Crippen molar-refractivity contribution >= 4 is 6.21 Å². The van der Waals surface area contributed by atoms with Crippen LogP contribution in [-0.2, 0) is 4.84 Å². The summed E-state index contributed by atoms with van der Waals surface area (Å²) in [5, 5.41) is 3.60. The summed E-state index contributed by atoms with van der Waals surface area (Å²) >= 11 is 0. The molecule has 1 rings (SSSR count). The van der Waals surface area contributed by atoms with Crippen LogP contribution in [-0.4, -0.2) is 12.8 Å². The van der Waals surface area contributed by atoms with E-state index in [4.69, 9.17) is 10.8 Å². The van der Waals surface area contributed by atoms with E-state index < -0.39 is 0 Å². The highest BCUT2D eigenvalue weighted by atomic mass is 16.6. The third kappa shape index (κ3) is 2.17. The van der Waals surface area contributed by atoms with Gasteiger partial charge in [0.2, 0.25) is 0 Å². The van der Waals surface area contributed by atoms with Crippen LogP contribution in [0.3, 0.4) is 0 Å². The van der Waals surface area contributed by atoms with E-state index in [0.717, 1.165) is 5.56 Å². The highest BCUT2D eigenvalue weighted by Gasteiger charge is 1.95. The van der Waals surface area contributed by atoms with Gasteiger partial charge in [-0.05, 0) is 18.6 Å². The summed E-state index contributed by atoms with van der Waals surface area (Å²) in [6.07, 6.45) is 8.03. The Hall–Kier alpha value is -1.69. The maximum Gasteiger partial charge on any atom is 0.177 e. The highest BCUT2D eigenvalue weighted by Crippen LogP contribution is 2.04. The van der Waals surface area contributed by atoms with Gasteiger partial charge in [0, 0.05) is 0 Å². The SMILES string of the molecule is C#CCO/N=C/c1occc1C. The fourth-order valence-corrected chi connectivity index (χ4v) is 0.676. The van der Waals surface area contributed by atoms with Gasteiger partial charge < -0.3 is 9.25 Å². The molecule has 0 radical (unpaired) electrons. The summed E-state index contributed by atoms with van der Waals surface area (Å²) in [6, 6.07) is 1.85. The Labute approximate surface area is 71.0 Å². The van der Waals surface area contributed by atoms with E-state index >= 15 is 0 Å². The van der Waals surface area contributed by atoms with Crippen molar-refractivity contribution < 1.29 is 9.25 Å². The Bertz CT molecular complexity index is 307. The van der Waals surface area contributed by atoms with E-state index in [2.05, 4.69) is 15.9 Å². The number of hydrogen-bond acceptors (Lipinski definition) is 3. The van der Waals surface area contributed by atoms with Crippen LogP contribution in [0, 0.1) is 19.3 Å². The molecule has 0 bridgehead atoms. The van der Waals surface area contributed by atoms with Gasteiger partial charge in [-0.15, -0.1) is 6.42 Å². The number of furan rings is 1. The molecule has 1 heterocycles. The molecule has 0 unspecified atom stereocenters. The molecule has 1 aromatic heterocycles. The van der Waals surface area contributed by atoms with Gasteiger partial charge in [0.1, 0.15) is 6.21 Å². The molecule has 0 N–H and O–H groups in total. The lowest BCUT2D eigenvalue weighted by atomic mass is 10.3. The molecule has 0 aliphatic carbocycles. The normalized spacial score (nSPS) is 10.0. The van der Waals surface area contributed by atoms with Crippen LogP contribution in [0.1, 0.15) is 11.3 Å². The first-order valence-corrected chi connectivity index (χ1v) is 3.47. The molecule has 62 valence electrons. The van der Waals surface area contributed by atoms with Gasteiger partial charge in [0.15, 0.2) is 12.4 Å². The molecule has 0 saturated heterocycles. The van der Waals surface area contributed by atoms with E-state index in [9.17, 15) is 0 Å². The van der Waals surface area contributed by atoms with Crippen LogP contribution in [0.15, 0.2) is 21.9 Å². The summed E-state index contributed by atoms with van der Waals surface area (Å²) in [5.74, 6) is 2.98. The second kappa shape index (κ2) is 4.24. The van der Waals surface area contributed by atoms with Crippen molar-refractivity contribution in [1.82, 2.24) is 0 Å². The first kappa shape index (κ1) is 8.41. The minimum absolute atomic E-state index is 0.177. The highest BCUT2D eigenvalue weighted by molar-refractivity contribution is 5.77. The van der Waals surface area contributed by atoms with Crippen LogP contribution in [0.5, 0.6) is 0 Å². The first-order chi connectivity index (χ1) is 5.84. The van der Waals surface area contributed by atoms with E-state index in [1.807, 2.05) is 13.0 Å². The maximum atomic E-state index is 5.06. The quantitative estimate of drug-likeness (QED) is 0.293. The molecule has 0 amide bonds. The van der Waals surface area contributed by atoms with E-state index in [-0.39, 0.29) is 6.61 Å². The van der Waals surface area contributed by atoms with Gasteiger partial charge in [-0.3, -0.25) is 0 Å². The number of oxime groups is 1. The molecule has 0 aliphatic rings. The van der Waals surface area contributed by atoms with Crippen LogP contribution >= 0.6 is 0 Å². The fraction of sp³-hybridized carbons (Fsp3) is 0.222. The minimum atomic E-state index is 0.177. The molecule has 3 nitrogen and oxygen atoms in total. The summed E-state index contributed by atoms with van der Waals surface area (Å²) < 4.78 is 5.06. The smallest absolute Gasteiger partial charge is 0.177 e. The lowest BCUT2D eigenvalue weighted by Crippen LogP contribution is -1.85. The van der Waals surface area contributed by atoms with Crippen molar-refractivity contribution in [2.75, 3.05) is 6.61 Å². The molecule has 0 spiro atoms. The molecule has 0 aromatic carbocycles. The van der Waals surface area contributed by atoms with E-state index in [1.54, 1.807) is 6.26 Å². The third-order valence-electron chi connectivity index (χ3n) is 1.29. The number of nitrogens with zero attached hydrogens (tertiary/aromatic N) is 1. The second-order valence-corrected chi connectivity index (χ2v) is 2.18. The summed E-state index contributed by atoms with van der Waals surface area (Å²) in [5.41, 5.74) is 1.02. The van der Waals surface area contributed by atoms with Crippen LogP contribution in [0.4, 0.5) is 0 Å². The van der Waals surface area contributed by atoms with Gasteiger partial charge in [-0.25, -0.2) is 0 Å². The molecular formula is C9H9NO2. The monoisotopic (exact) mass is 163 g/mol. The Balaban J connectivity index is 2.47. The largest absolute Gasteiger partial charge is 0.463 e. The summed E-state index contributed by atoms with van der Waals surface area (Å²) in [4.78, 5) is 4.68. The lowest BCUT2D eigenvalue weighted by molar-refractivity contribution is 0.181. The topological polar surface area (TPSA) is 34.7 Å². The van der Waals surface area contributed by atoms with E-state index in [1.165, 1.54) is 6.21 Å². The van der Waals surface area contributed by atoms with Crippen molar-refractivity contribution in [1.29, 1.82) is 0 Å². The zero-order chi connectivity index (χ0) is 8.81. The Kier molecular flexibility index (Phi) is 2.97. The Morgan fingerprint density at radius 2 is 2.67 bits per heavy atom. The molecule has 3 heteroatoms. The summed E-state index contributed by atoms with van der Waals surface area (Å²) in [6.45, 7) is 2.10. The van der Waals surface area contributed by atoms with Gasteiger partial charge in [0.05, 0.1) is 6.26 Å². The standard InChI is InChI=1S/C9H9NO2/c1-3-5-12-10-7-9-8(2)4-6-11-9/h1,4,6-7H,5H2,2H3/b10-7+. The fourth-order valence-electron chi connectivity index (χ4n) is 0.676. The van der Waals surface area contributed by atoms with Gasteiger partial charge in [-0.2, -0.15) is 0 Å². The maximum absolute atomic E-state index is 5.06. The van der Waals surface area contributed by atoms with E-state index in [0.29, 0.717) is 5.76 Å². The molecule has 0 fully saturated rings. The molecule has 0 aliphatic heterocycles. The minimum Gasteiger partial charge on any atom is -0.463 e. The second-order valence-electron chi connectivity index (χ2n) is 2.18. The number of aryl methyl sites for hydroxylation is 1. The number of terminal acetylenes is 1. The summed E-state index contributed by atoms with van der Waals surface area (Å²) in [7, 11) is 0. The number of rotatable bonds is 3. The average Bonchev–Trinajstić information content (AvgIpc) is 2.46. The van der Waals surface area contributed by atoms with Gasteiger partial charge in [-0.1, -0.05) is 11.1 Å². The van der Waals surface area contributed by atoms with Gasteiger partial charge >= 0.3 is 0 Å². The number of hydrogen-bond donors (Lipinski definition) is 0. The zero-order valence-electron chi connectivity index (χ0n) is 6.78. The Morgan fingerprint density at radius 3 is 3.25 bits per heavy atom. The molecule has 0 atom stereocenters. The van der Waals surface area contributed by atoms with Crippen LogP contribution in [0.25, 0.3) is 0 Å². The predicted octanol–water partition coefficient (Wildman–Crippen LogP) is 1.57. The third-order valence-corrected chi connectivity index (χ3v) is 1.29. The molecule has 12 heavy (non-hydrogen) atoms. The van der Waals surface area contributed by atoms with Crippen molar-refractivity contribution in [3.8, 4) is 12.3 Å². The molecule has 1 aromatic rings. The van der Waals surface area contributed by atoms with Crippen molar-refractivity contribution in [3.63, 3.8) is 0 Å². The Morgan fingerprint density at radius 1 is 1.83 bits per heavy atom. The lowest BCUT2D eigenvalue weighted by Gasteiger charge is -1.89. The van der Waals surface area contributed by atoms with Crippen molar-refractivity contribution in [3.05, 3.63) is 23.7 Å². The first-order valence-electron chi connectivity index (χ1n) is 3.47. The van der Waals surface area contributed by atoms with Crippen LogP contribution < -0.4 is 0 Å². The van der Waals surface area contributed by atoms with Crippen molar-refractivity contribution in [2.45, 2.75) is 6.92 Å². The van der Waals surface area contributed by atoms with Crippen LogP contribution in [0.2, 0.25) is 0 Å². The van der Waals surface area contributed by atoms with Crippen molar-refractivity contribution in [2.24, 2.45) is 5.16 Å². The average molecular weight is 163 g/mol. The zero-order valence-corrected chi connectivity index (χ0v) is 6.78. The molecular weight excluding hydrogens is 154 g/mol. The molecule has 0 saturated carbocycles. The van der Waals surface area contributed by atoms with Gasteiger partial charge in [0.25, 0.3) is 0 Å².